The fourth-order valence-corrected chi connectivity index (χ4v) is 6.29. The monoisotopic (exact) mass is 596 g/mol. The quantitative estimate of drug-likeness (QED) is 0.0837. The predicted molar refractivity (Wildman–Crippen MR) is 184 cm³/mol. The summed E-state index contributed by atoms with van der Waals surface area (Å²) in [5.74, 6) is 2.49. The van der Waals surface area contributed by atoms with Crippen molar-refractivity contribution in [3.05, 3.63) is 77.8 Å². The molecule has 0 radical (unpaired) electrons. The molecule has 226 valence electrons. The fourth-order valence-electron chi connectivity index (χ4n) is 5.95. The van der Waals surface area contributed by atoms with Gasteiger partial charge in [-0.2, -0.15) is 0 Å². The molecule has 0 aliphatic heterocycles. The lowest BCUT2D eigenvalue weighted by Gasteiger charge is -2.23. The van der Waals surface area contributed by atoms with Crippen LogP contribution in [0.4, 0.5) is 0 Å². The molecule has 0 aliphatic carbocycles. The van der Waals surface area contributed by atoms with Crippen molar-refractivity contribution in [2.45, 2.75) is 78.6 Å². The molecule has 3 nitrogen and oxygen atoms in total. The molecule has 0 saturated heterocycles. The maximum Gasteiger partial charge on any atom is 0.146 e. The second kappa shape index (κ2) is 15.3. The van der Waals surface area contributed by atoms with Crippen molar-refractivity contribution in [1.29, 1.82) is 0 Å². The Morgan fingerprint density at radius 3 is 1.21 bits per heavy atom. The third-order valence-corrected chi connectivity index (χ3v) is 8.54. The van der Waals surface area contributed by atoms with Crippen LogP contribution in [-0.2, 0) is 0 Å². The molecule has 0 heterocycles. The smallest absolute Gasteiger partial charge is 0.146 e. The van der Waals surface area contributed by atoms with E-state index >= 15 is 0 Å². The number of ether oxygens (including phenoxy) is 3. The summed E-state index contributed by atoms with van der Waals surface area (Å²) in [7, 11) is 0. The van der Waals surface area contributed by atoms with Gasteiger partial charge in [0.15, 0.2) is 0 Å². The van der Waals surface area contributed by atoms with E-state index in [-0.39, 0.29) is 0 Å². The van der Waals surface area contributed by atoms with Crippen molar-refractivity contribution < 1.29 is 14.2 Å². The number of halogens is 1. The first-order chi connectivity index (χ1) is 21.2. The number of hydrogen-bond acceptors (Lipinski definition) is 3. The Labute approximate surface area is 262 Å². The molecule has 43 heavy (non-hydrogen) atoms. The van der Waals surface area contributed by atoms with Gasteiger partial charge in [-0.15, -0.1) is 0 Å². The van der Waals surface area contributed by atoms with Crippen molar-refractivity contribution in [3.63, 3.8) is 0 Å². The highest BCUT2D eigenvalue weighted by molar-refractivity contribution is 6.38. The van der Waals surface area contributed by atoms with E-state index in [4.69, 9.17) is 25.8 Å². The van der Waals surface area contributed by atoms with Crippen molar-refractivity contribution in [2.75, 3.05) is 19.8 Å². The van der Waals surface area contributed by atoms with Gasteiger partial charge < -0.3 is 14.2 Å². The maximum atomic E-state index is 7.50. The van der Waals surface area contributed by atoms with E-state index in [1.54, 1.807) is 0 Å². The summed E-state index contributed by atoms with van der Waals surface area (Å²) in [6, 6.07) is 25.4. The molecular weight excluding hydrogens is 552 g/mol. The molecule has 0 saturated carbocycles. The van der Waals surface area contributed by atoms with E-state index < -0.39 is 0 Å². The molecule has 4 heteroatoms. The largest absolute Gasteiger partial charge is 0.492 e. The molecule has 0 unspecified atom stereocenters. The second-order valence-electron chi connectivity index (χ2n) is 11.4. The minimum absolute atomic E-state index is 0.604. The summed E-state index contributed by atoms with van der Waals surface area (Å²) in [4.78, 5) is 0. The zero-order valence-corrected chi connectivity index (χ0v) is 26.8. The van der Waals surface area contributed by atoms with Gasteiger partial charge in [0.1, 0.15) is 17.2 Å². The zero-order chi connectivity index (χ0) is 30.0. The van der Waals surface area contributed by atoms with Crippen molar-refractivity contribution >= 4 is 43.9 Å². The second-order valence-corrected chi connectivity index (χ2v) is 11.7. The highest BCUT2D eigenvalue weighted by Crippen LogP contribution is 2.53. The molecule has 0 N–H and O–H groups in total. The normalized spacial score (nSPS) is 11.4. The molecule has 0 bridgehead atoms. The number of fused-ring (bicyclic) bond motifs is 3. The van der Waals surface area contributed by atoms with Gasteiger partial charge in [0, 0.05) is 32.7 Å². The van der Waals surface area contributed by atoms with Gasteiger partial charge >= 0.3 is 0 Å². The van der Waals surface area contributed by atoms with Crippen LogP contribution < -0.4 is 14.2 Å². The number of hydrogen-bond donors (Lipinski definition) is 0. The van der Waals surface area contributed by atoms with Crippen molar-refractivity contribution in [1.82, 2.24) is 0 Å². The first-order valence-electron chi connectivity index (χ1n) is 16.3. The molecule has 0 aromatic heterocycles. The lowest BCUT2D eigenvalue weighted by molar-refractivity contribution is 0.304. The minimum Gasteiger partial charge on any atom is -0.492 e. The molecule has 0 atom stereocenters. The Hall–Kier alpha value is -3.43. The Kier molecular flexibility index (Phi) is 11.1. The first kappa shape index (κ1) is 31.0. The van der Waals surface area contributed by atoms with Gasteiger partial charge in [-0.3, -0.25) is 0 Å². The van der Waals surface area contributed by atoms with E-state index in [1.165, 1.54) is 0 Å². The summed E-state index contributed by atoms with van der Waals surface area (Å²) in [6.45, 7) is 8.59. The molecule has 0 fully saturated rings. The van der Waals surface area contributed by atoms with Gasteiger partial charge in [0.25, 0.3) is 0 Å². The number of unbranched alkanes of at least 4 members (excludes halogenated alkanes) is 6. The van der Waals surface area contributed by atoms with E-state index in [1.807, 2.05) is 6.07 Å². The summed E-state index contributed by atoms with van der Waals surface area (Å²) < 4.78 is 19.8. The van der Waals surface area contributed by atoms with Gasteiger partial charge in [-0.1, -0.05) is 144 Å². The van der Waals surface area contributed by atoms with Gasteiger partial charge in [-0.25, -0.2) is 0 Å². The Morgan fingerprint density at radius 2 is 0.767 bits per heavy atom. The van der Waals surface area contributed by atoms with Crippen LogP contribution in [0.15, 0.2) is 72.8 Å². The third kappa shape index (κ3) is 6.73. The SMILES string of the molecule is CCCCCOc1c(Cl)c(-c2c3ccccc3c(OCCCCC)c3ccccc23)c(OCCCCC)c2ccccc12. The van der Waals surface area contributed by atoms with Crippen molar-refractivity contribution in [2.24, 2.45) is 0 Å². The van der Waals surface area contributed by atoms with Crippen LogP contribution in [-0.4, -0.2) is 19.8 Å². The standard InChI is InChI=1S/C39H45ClO3/c1-4-7-16-25-41-37-30-21-12-10-19-28(30)34(29-20-11-13-22-31(29)37)35-36(40)39(43-27-18-9-6-3)33-24-15-14-23-32(33)38(35)42-26-17-8-5-2/h10-15,19-24H,4-9,16-18,25-27H2,1-3H3. The average Bonchev–Trinajstić information content (AvgIpc) is 3.04. The predicted octanol–water partition coefficient (Wildman–Crippen LogP) is 12.2. The summed E-state index contributed by atoms with van der Waals surface area (Å²) in [5, 5.41) is 6.98. The lowest BCUT2D eigenvalue weighted by atomic mass is 9.89. The van der Waals surface area contributed by atoms with Crippen LogP contribution in [0.25, 0.3) is 43.4 Å². The van der Waals surface area contributed by atoms with Crippen LogP contribution in [0.5, 0.6) is 17.2 Å². The highest BCUT2D eigenvalue weighted by atomic mass is 35.5. The minimum atomic E-state index is 0.604. The van der Waals surface area contributed by atoms with E-state index in [0.29, 0.717) is 24.8 Å². The molecule has 0 spiro atoms. The maximum absolute atomic E-state index is 7.50. The van der Waals surface area contributed by atoms with Crippen LogP contribution in [0.2, 0.25) is 5.02 Å². The summed E-state index contributed by atoms with van der Waals surface area (Å²) in [6.07, 6.45) is 9.84. The van der Waals surface area contributed by atoms with Crippen molar-refractivity contribution in [3.8, 4) is 28.4 Å². The lowest BCUT2D eigenvalue weighted by Crippen LogP contribution is -2.05. The Morgan fingerprint density at radius 1 is 0.419 bits per heavy atom. The van der Waals surface area contributed by atoms with Gasteiger partial charge in [0.2, 0.25) is 0 Å². The topological polar surface area (TPSA) is 27.7 Å². The molecule has 5 rings (SSSR count). The Balaban J connectivity index is 1.80. The van der Waals surface area contributed by atoms with E-state index in [2.05, 4.69) is 87.5 Å². The van der Waals surface area contributed by atoms with Crippen LogP contribution in [0.3, 0.4) is 0 Å². The molecule has 5 aromatic rings. The van der Waals surface area contributed by atoms with Gasteiger partial charge in [0.05, 0.1) is 24.8 Å². The summed E-state index contributed by atoms with van der Waals surface area (Å²) >= 11 is 7.50. The highest BCUT2D eigenvalue weighted by Gasteiger charge is 2.26. The van der Waals surface area contributed by atoms with Gasteiger partial charge in [-0.05, 0) is 30.0 Å². The average molecular weight is 597 g/mol. The van der Waals surface area contributed by atoms with E-state index in [0.717, 1.165) is 118 Å². The first-order valence-corrected chi connectivity index (χ1v) is 16.6. The molecular formula is C39H45ClO3. The molecule has 0 amide bonds. The van der Waals surface area contributed by atoms with E-state index in [9.17, 15) is 0 Å². The fraction of sp³-hybridized carbons (Fsp3) is 0.385. The van der Waals surface area contributed by atoms with Crippen LogP contribution in [0, 0.1) is 0 Å². The molecule has 0 aliphatic rings. The summed E-state index contributed by atoms with van der Waals surface area (Å²) in [5.41, 5.74) is 1.96. The Bertz CT molecular complexity index is 1600. The van der Waals surface area contributed by atoms with Crippen LogP contribution in [0.1, 0.15) is 78.6 Å². The zero-order valence-electron chi connectivity index (χ0n) is 26.0. The molecule has 5 aromatic carbocycles. The number of benzene rings is 5. The van der Waals surface area contributed by atoms with Crippen LogP contribution >= 0.6 is 11.6 Å². The third-order valence-electron chi connectivity index (χ3n) is 8.18. The number of rotatable bonds is 16.